The molecule has 3 aliphatic carbocycles. The summed E-state index contributed by atoms with van der Waals surface area (Å²) in [5.74, 6) is 1.55. The average Bonchev–Trinajstić information content (AvgIpc) is 3.46. The fourth-order valence-electron chi connectivity index (χ4n) is 6.80. The summed E-state index contributed by atoms with van der Waals surface area (Å²) >= 11 is 6.47. The summed E-state index contributed by atoms with van der Waals surface area (Å²) in [6, 6.07) is 4.65. The second kappa shape index (κ2) is 10.7. The number of aromatic nitrogens is 2. The largest absolute Gasteiger partial charge is 0.494 e. The molecule has 1 aliphatic heterocycles. The van der Waals surface area contributed by atoms with Crippen LogP contribution in [0, 0.1) is 17.8 Å². The second-order valence-corrected chi connectivity index (χ2v) is 11.2. The van der Waals surface area contributed by atoms with Crippen molar-refractivity contribution >= 4 is 35.0 Å². The number of allylic oxidation sites excluding steroid dienone is 1. The third-order valence-corrected chi connectivity index (χ3v) is 8.90. The molecule has 1 saturated carbocycles. The normalized spacial score (nSPS) is 28.5. The first kappa shape index (κ1) is 25.4. The van der Waals surface area contributed by atoms with Gasteiger partial charge in [-0.15, -0.1) is 0 Å². The predicted molar refractivity (Wildman–Crippen MR) is 147 cm³/mol. The molecule has 9 nitrogen and oxygen atoms in total. The minimum Gasteiger partial charge on any atom is -0.494 e. The Balaban J connectivity index is 1.22. The Labute approximate surface area is 228 Å². The van der Waals surface area contributed by atoms with Gasteiger partial charge in [0.15, 0.2) is 5.82 Å². The maximum Gasteiger partial charge on any atom is 0.229 e. The number of nitrogens with two attached hydrogens (primary N) is 1. The first-order chi connectivity index (χ1) is 18.5. The van der Waals surface area contributed by atoms with Gasteiger partial charge in [0.05, 0.1) is 38.1 Å². The Bertz CT molecular complexity index is 1230. The van der Waals surface area contributed by atoms with Crippen molar-refractivity contribution in [2.24, 2.45) is 23.5 Å². The summed E-state index contributed by atoms with van der Waals surface area (Å²) in [5.41, 5.74) is 9.14. The zero-order valence-corrected chi connectivity index (χ0v) is 22.4. The van der Waals surface area contributed by atoms with Crippen molar-refractivity contribution in [3.8, 4) is 5.75 Å². The van der Waals surface area contributed by atoms with E-state index in [1.165, 1.54) is 17.5 Å². The summed E-state index contributed by atoms with van der Waals surface area (Å²) in [5, 5.41) is 7.15. The number of fused-ring (bicyclic) bond motifs is 3. The third-order valence-electron chi connectivity index (χ3n) is 8.63. The highest BCUT2D eigenvalue weighted by Crippen LogP contribution is 2.45. The topological polar surface area (TPSA) is 115 Å². The minimum atomic E-state index is -0.298. The SMILES string of the molecule is COc1c(Nc2ncc(Cl)c(N[C@H]3[C@@H](C(N)=O)[C@@H]4C=C[C@H]3C4)n2)ccc2c1CCC[C@H](N1CCOCC1)C2. The van der Waals surface area contributed by atoms with Gasteiger partial charge in [-0.2, -0.15) is 4.98 Å². The number of rotatable bonds is 7. The Morgan fingerprint density at radius 3 is 2.84 bits per heavy atom. The number of carbonyl (C=O) groups is 1. The molecule has 0 spiro atoms. The Kier molecular flexibility index (Phi) is 7.16. The molecule has 5 atom stereocenters. The summed E-state index contributed by atoms with van der Waals surface area (Å²) in [6.07, 6.45) is 11.0. The molecule has 2 heterocycles. The van der Waals surface area contributed by atoms with Gasteiger partial charge in [-0.3, -0.25) is 9.69 Å². The standard InChI is InChI=1S/C28H35ClN6O3/c1-37-25-20-4-2-3-19(35-9-11-38-12-10-35)14-16(20)7-8-22(25)32-28-31-15-21(29)27(34-28)33-24-18-6-5-17(13-18)23(24)26(30)36/h5-8,15,17-19,23-24H,2-4,9-14H2,1H3,(H2,30,36)(H2,31,32,33,34)/t17-,18+,19+,23+,24-/m1/s1. The second-order valence-electron chi connectivity index (χ2n) is 10.7. The maximum absolute atomic E-state index is 12.2. The molecule has 4 N–H and O–H groups in total. The van der Waals surface area contributed by atoms with E-state index in [0.717, 1.165) is 63.4 Å². The third kappa shape index (κ3) is 4.83. The molecular weight excluding hydrogens is 504 g/mol. The van der Waals surface area contributed by atoms with Crippen molar-refractivity contribution in [2.75, 3.05) is 44.0 Å². The molecule has 2 bridgehead atoms. The van der Waals surface area contributed by atoms with Crippen LogP contribution in [0.4, 0.5) is 17.5 Å². The monoisotopic (exact) mass is 538 g/mol. The van der Waals surface area contributed by atoms with Crippen LogP contribution < -0.4 is 21.1 Å². The molecule has 0 radical (unpaired) electrons. The van der Waals surface area contributed by atoms with Crippen LogP contribution in [0.25, 0.3) is 0 Å². The molecule has 38 heavy (non-hydrogen) atoms. The number of hydrogen-bond donors (Lipinski definition) is 3. The number of nitrogens with one attached hydrogen (secondary N) is 2. The Morgan fingerprint density at radius 1 is 1.24 bits per heavy atom. The number of anilines is 3. The number of nitrogens with zero attached hydrogens (tertiary/aromatic N) is 3. The van der Waals surface area contributed by atoms with Crippen molar-refractivity contribution < 1.29 is 14.3 Å². The molecular formula is C28H35ClN6O3. The van der Waals surface area contributed by atoms with Crippen LogP contribution in [0.1, 0.15) is 30.4 Å². The van der Waals surface area contributed by atoms with Crippen molar-refractivity contribution in [2.45, 2.75) is 44.2 Å². The highest BCUT2D eigenvalue weighted by Gasteiger charge is 2.47. The van der Waals surface area contributed by atoms with Crippen LogP contribution in [0.3, 0.4) is 0 Å². The highest BCUT2D eigenvalue weighted by atomic mass is 35.5. The van der Waals surface area contributed by atoms with Crippen molar-refractivity contribution in [3.05, 3.63) is 46.6 Å². The lowest BCUT2D eigenvalue weighted by molar-refractivity contribution is -0.122. The van der Waals surface area contributed by atoms with E-state index in [-0.39, 0.29) is 29.7 Å². The van der Waals surface area contributed by atoms with Crippen molar-refractivity contribution in [1.29, 1.82) is 0 Å². The Hall–Kier alpha value is -2.88. The van der Waals surface area contributed by atoms with E-state index >= 15 is 0 Å². The molecule has 2 fully saturated rings. The lowest BCUT2D eigenvalue weighted by Crippen LogP contribution is -2.44. The van der Waals surface area contributed by atoms with Gasteiger partial charge < -0.3 is 25.8 Å². The van der Waals surface area contributed by atoms with Crippen LogP contribution in [0.2, 0.25) is 5.02 Å². The number of morpholine rings is 1. The van der Waals surface area contributed by atoms with Crippen LogP contribution >= 0.6 is 11.6 Å². The number of carbonyl (C=O) groups excluding carboxylic acids is 1. The molecule has 202 valence electrons. The molecule has 1 aromatic carbocycles. The molecule has 1 amide bonds. The number of primary amides is 1. The minimum absolute atomic E-state index is 0.135. The first-order valence-corrected chi connectivity index (χ1v) is 13.9. The summed E-state index contributed by atoms with van der Waals surface area (Å²) in [4.78, 5) is 23.8. The van der Waals surface area contributed by atoms with Gasteiger partial charge in [0.25, 0.3) is 0 Å². The van der Waals surface area contributed by atoms with E-state index in [2.05, 4.69) is 43.7 Å². The van der Waals surface area contributed by atoms with Gasteiger partial charge in [0.1, 0.15) is 10.8 Å². The van der Waals surface area contributed by atoms with Crippen LogP contribution in [-0.4, -0.2) is 66.3 Å². The van der Waals surface area contributed by atoms with E-state index in [1.54, 1.807) is 13.3 Å². The van der Waals surface area contributed by atoms with Gasteiger partial charge in [-0.1, -0.05) is 29.8 Å². The van der Waals surface area contributed by atoms with Crippen LogP contribution in [-0.2, 0) is 22.4 Å². The molecule has 0 unspecified atom stereocenters. The molecule has 1 aromatic heterocycles. The van der Waals surface area contributed by atoms with E-state index < -0.39 is 0 Å². The number of hydrogen-bond acceptors (Lipinski definition) is 8. The lowest BCUT2D eigenvalue weighted by atomic mass is 9.88. The fraction of sp³-hybridized carbons (Fsp3) is 0.536. The van der Waals surface area contributed by atoms with E-state index in [9.17, 15) is 4.79 Å². The number of halogens is 1. The predicted octanol–water partition coefficient (Wildman–Crippen LogP) is 3.55. The average molecular weight is 539 g/mol. The molecule has 6 rings (SSSR count). The Morgan fingerprint density at radius 2 is 2.05 bits per heavy atom. The molecule has 1 saturated heterocycles. The number of methoxy groups -OCH3 is 1. The summed E-state index contributed by atoms with van der Waals surface area (Å²) in [7, 11) is 1.72. The summed E-state index contributed by atoms with van der Waals surface area (Å²) < 4.78 is 11.5. The van der Waals surface area contributed by atoms with Gasteiger partial charge in [-0.05, 0) is 61.1 Å². The highest BCUT2D eigenvalue weighted by molar-refractivity contribution is 6.32. The first-order valence-electron chi connectivity index (χ1n) is 13.6. The smallest absolute Gasteiger partial charge is 0.229 e. The van der Waals surface area contributed by atoms with Gasteiger partial charge >= 0.3 is 0 Å². The lowest BCUT2D eigenvalue weighted by Gasteiger charge is -2.34. The van der Waals surface area contributed by atoms with Gasteiger partial charge in [-0.25, -0.2) is 4.98 Å². The quantitative estimate of drug-likeness (QED) is 0.362. The zero-order valence-electron chi connectivity index (χ0n) is 21.7. The van der Waals surface area contributed by atoms with Gasteiger partial charge in [0, 0.05) is 25.2 Å². The van der Waals surface area contributed by atoms with E-state index in [1.807, 2.05) is 6.07 Å². The van der Waals surface area contributed by atoms with Gasteiger partial charge in [0.2, 0.25) is 11.9 Å². The maximum atomic E-state index is 12.2. The molecule has 10 heteroatoms. The number of ether oxygens (including phenoxy) is 2. The van der Waals surface area contributed by atoms with Crippen molar-refractivity contribution in [1.82, 2.24) is 14.9 Å². The van der Waals surface area contributed by atoms with E-state index in [0.29, 0.717) is 22.8 Å². The molecule has 4 aliphatic rings. The summed E-state index contributed by atoms with van der Waals surface area (Å²) in [6.45, 7) is 3.63. The van der Waals surface area contributed by atoms with Crippen LogP contribution in [0.5, 0.6) is 5.75 Å². The fourth-order valence-corrected chi connectivity index (χ4v) is 6.95. The number of benzene rings is 1. The van der Waals surface area contributed by atoms with Crippen LogP contribution in [0.15, 0.2) is 30.5 Å². The number of amides is 1. The zero-order chi connectivity index (χ0) is 26.2. The molecule has 2 aromatic rings. The van der Waals surface area contributed by atoms with E-state index in [4.69, 9.17) is 26.8 Å². The van der Waals surface area contributed by atoms with Crippen molar-refractivity contribution in [3.63, 3.8) is 0 Å².